The lowest BCUT2D eigenvalue weighted by Gasteiger charge is -2.48. The summed E-state index contributed by atoms with van der Waals surface area (Å²) in [6.07, 6.45) is 3.68. The molecular weight excluding hydrogens is 486 g/mol. The van der Waals surface area contributed by atoms with E-state index in [0.29, 0.717) is 32.8 Å². The molecule has 1 aliphatic rings. The highest BCUT2D eigenvalue weighted by molar-refractivity contribution is 6.99. The van der Waals surface area contributed by atoms with E-state index in [0.717, 1.165) is 0 Å². The van der Waals surface area contributed by atoms with Crippen LogP contribution in [0.25, 0.3) is 0 Å². The molecule has 37 heavy (non-hydrogen) atoms. The van der Waals surface area contributed by atoms with Gasteiger partial charge in [-0.1, -0.05) is 86.4 Å². The average Bonchev–Trinajstić information content (AvgIpc) is 3.35. The highest BCUT2D eigenvalue weighted by Crippen LogP contribution is 2.40. The second-order valence-corrected chi connectivity index (χ2v) is 15.7. The number of ether oxygens (including phenoxy) is 2. The highest BCUT2D eigenvalue weighted by Gasteiger charge is 2.52. The van der Waals surface area contributed by atoms with Gasteiger partial charge in [0.25, 0.3) is 8.32 Å². The van der Waals surface area contributed by atoms with Crippen LogP contribution < -0.4 is 10.4 Å². The molecule has 0 aliphatic carbocycles. The standard InChI is InChI=1S/C28H37N3O5Si/c1-26(2,3)37(23-12-8-6-9-13-23,24-14-10-7-11-15-24)36-22-28(20-34-27(4,5)35-21-28)16-18-30-19-17-29-25(30)31(32)33/h6-15,17,19H,16,18,20-22H2,1-5H3. The summed E-state index contributed by atoms with van der Waals surface area (Å²) in [5.74, 6) is -0.858. The molecule has 1 aliphatic heterocycles. The SMILES string of the molecule is CC1(C)OCC(CCn2ccnc2[N+](=O)[O-])(CO[Si](c2ccccc2)(c2ccccc2)C(C)(C)C)CO1. The maximum absolute atomic E-state index is 11.4. The van der Waals surface area contributed by atoms with E-state index in [4.69, 9.17) is 13.9 Å². The third-order valence-electron chi connectivity index (χ3n) is 7.20. The largest absolute Gasteiger partial charge is 0.434 e. The van der Waals surface area contributed by atoms with Crippen LogP contribution in [-0.4, -0.2) is 48.4 Å². The monoisotopic (exact) mass is 523 g/mol. The first-order valence-electron chi connectivity index (χ1n) is 12.7. The van der Waals surface area contributed by atoms with Gasteiger partial charge in [-0.2, -0.15) is 0 Å². The number of imidazole rings is 1. The van der Waals surface area contributed by atoms with Crippen LogP contribution in [0.15, 0.2) is 73.1 Å². The average molecular weight is 524 g/mol. The molecule has 0 radical (unpaired) electrons. The summed E-state index contributed by atoms with van der Waals surface area (Å²) in [6.45, 7) is 12.2. The normalized spacial score (nSPS) is 17.4. The lowest BCUT2D eigenvalue weighted by atomic mass is 9.86. The van der Waals surface area contributed by atoms with Crippen molar-refractivity contribution in [1.29, 1.82) is 0 Å². The fourth-order valence-corrected chi connectivity index (χ4v) is 9.74. The van der Waals surface area contributed by atoms with Gasteiger partial charge in [0.05, 0.1) is 19.8 Å². The lowest BCUT2D eigenvalue weighted by Crippen LogP contribution is -2.67. The van der Waals surface area contributed by atoms with Crippen molar-refractivity contribution in [3.05, 3.63) is 83.2 Å². The summed E-state index contributed by atoms with van der Waals surface area (Å²) in [5.41, 5.74) is -0.485. The first-order chi connectivity index (χ1) is 17.5. The minimum absolute atomic E-state index is 0.166. The second kappa shape index (κ2) is 10.5. The van der Waals surface area contributed by atoms with Crippen molar-refractivity contribution < 1.29 is 18.8 Å². The van der Waals surface area contributed by atoms with Crippen molar-refractivity contribution in [1.82, 2.24) is 9.55 Å². The van der Waals surface area contributed by atoms with Gasteiger partial charge < -0.3 is 24.0 Å². The Bertz CT molecular complexity index is 1140. The molecule has 4 rings (SSSR count). The number of hydrogen-bond donors (Lipinski definition) is 0. The van der Waals surface area contributed by atoms with Crippen molar-refractivity contribution in [2.24, 2.45) is 5.41 Å². The van der Waals surface area contributed by atoms with Gasteiger partial charge in [-0.3, -0.25) is 0 Å². The Kier molecular flexibility index (Phi) is 7.71. The quantitative estimate of drug-likeness (QED) is 0.233. The molecule has 2 aromatic carbocycles. The van der Waals surface area contributed by atoms with E-state index in [-0.39, 0.29) is 11.0 Å². The molecule has 198 valence electrons. The van der Waals surface area contributed by atoms with Gasteiger partial charge in [-0.25, -0.2) is 4.57 Å². The Morgan fingerprint density at radius 3 is 2.05 bits per heavy atom. The van der Waals surface area contributed by atoms with E-state index in [2.05, 4.69) is 74.3 Å². The highest BCUT2D eigenvalue weighted by atomic mass is 28.4. The lowest BCUT2D eigenvalue weighted by molar-refractivity contribution is -0.396. The van der Waals surface area contributed by atoms with Crippen molar-refractivity contribution in [2.75, 3.05) is 19.8 Å². The van der Waals surface area contributed by atoms with Crippen LogP contribution in [0.4, 0.5) is 5.95 Å². The number of nitro groups is 1. The van der Waals surface area contributed by atoms with Crippen LogP contribution in [0.2, 0.25) is 5.04 Å². The van der Waals surface area contributed by atoms with Crippen molar-refractivity contribution >= 4 is 24.6 Å². The van der Waals surface area contributed by atoms with E-state index in [1.54, 1.807) is 10.8 Å². The molecule has 0 unspecified atom stereocenters. The number of benzene rings is 2. The summed E-state index contributed by atoms with van der Waals surface area (Å²) in [5, 5.41) is 13.7. The fraction of sp³-hybridized carbons (Fsp3) is 0.464. The fourth-order valence-electron chi connectivity index (χ4n) is 5.07. The molecule has 8 nitrogen and oxygen atoms in total. The molecule has 1 aromatic heterocycles. The molecule has 2 heterocycles. The third-order valence-corrected chi connectivity index (χ3v) is 12.2. The molecule has 9 heteroatoms. The Morgan fingerprint density at radius 2 is 1.57 bits per heavy atom. The topological polar surface area (TPSA) is 88.7 Å². The number of aromatic nitrogens is 2. The van der Waals surface area contributed by atoms with Gasteiger partial charge in [0.15, 0.2) is 5.79 Å². The van der Waals surface area contributed by atoms with Gasteiger partial charge in [-0.05, 0) is 40.6 Å². The maximum Gasteiger partial charge on any atom is 0.434 e. The molecular formula is C28H37N3O5Si. The van der Waals surface area contributed by atoms with Gasteiger partial charge in [-0.15, -0.1) is 0 Å². The van der Waals surface area contributed by atoms with Crippen LogP contribution in [0, 0.1) is 15.5 Å². The molecule has 0 spiro atoms. The van der Waals surface area contributed by atoms with Crippen LogP contribution in [-0.2, 0) is 20.4 Å². The van der Waals surface area contributed by atoms with Crippen molar-refractivity contribution in [3.8, 4) is 0 Å². The van der Waals surface area contributed by atoms with Gasteiger partial charge in [0, 0.05) is 12.0 Å². The van der Waals surface area contributed by atoms with Crippen molar-refractivity contribution in [2.45, 2.75) is 58.4 Å². The molecule has 3 aromatic rings. The molecule has 1 saturated heterocycles. The summed E-state index contributed by atoms with van der Waals surface area (Å²) >= 11 is 0. The summed E-state index contributed by atoms with van der Waals surface area (Å²) < 4.78 is 21.1. The van der Waals surface area contributed by atoms with Crippen molar-refractivity contribution in [3.63, 3.8) is 0 Å². The number of hydrogen-bond acceptors (Lipinski definition) is 6. The predicted octanol–water partition coefficient (Wildman–Crippen LogP) is 4.53. The smallest absolute Gasteiger partial charge is 0.407 e. The third kappa shape index (κ3) is 5.69. The number of rotatable bonds is 9. The zero-order valence-electron chi connectivity index (χ0n) is 22.3. The van der Waals surface area contributed by atoms with Crippen LogP contribution >= 0.6 is 0 Å². The number of nitrogens with zero attached hydrogens (tertiary/aromatic N) is 3. The zero-order chi connectivity index (χ0) is 26.7. The predicted molar refractivity (Wildman–Crippen MR) is 145 cm³/mol. The minimum atomic E-state index is -2.78. The number of aryl methyl sites for hydroxylation is 1. The van der Waals surface area contributed by atoms with Gasteiger partial charge in [0.2, 0.25) is 0 Å². The zero-order valence-corrected chi connectivity index (χ0v) is 23.3. The molecule has 0 saturated carbocycles. The van der Waals surface area contributed by atoms with E-state index >= 15 is 0 Å². The van der Waals surface area contributed by atoms with Crippen LogP contribution in [0.3, 0.4) is 0 Å². The molecule has 0 N–H and O–H groups in total. The van der Waals surface area contributed by atoms with E-state index in [1.807, 2.05) is 26.0 Å². The van der Waals surface area contributed by atoms with E-state index in [1.165, 1.54) is 16.6 Å². The maximum atomic E-state index is 11.4. The molecule has 1 fully saturated rings. The van der Waals surface area contributed by atoms with E-state index in [9.17, 15) is 10.1 Å². The summed E-state index contributed by atoms with van der Waals surface area (Å²) in [6, 6.07) is 21.0. The Balaban J connectivity index is 1.71. The molecule has 0 atom stereocenters. The van der Waals surface area contributed by atoms with Gasteiger partial charge >= 0.3 is 5.95 Å². The van der Waals surface area contributed by atoms with Crippen LogP contribution in [0.1, 0.15) is 41.0 Å². The summed E-state index contributed by atoms with van der Waals surface area (Å²) in [4.78, 5) is 14.9. The Morgan fingerprint density at radius 1 is 1.03 bits per heavy atom. The molecule has 0 amide bonds. The van der Waals surface area contributed by atoms with Gasteiger partial charge in [0.1, 0.15) is 12.4 Å². The minimum Gasteiger partial charge on any atom is -0.407 e. The summed E-state index contributed by atoms with van der Waals surface area (Å²) in [7, 11) is -2.78. The van der Waals surface area contributed by atoms with E-state index < -0.39 is 24.4 Å². The first-order valence-corrected chi connectivity index (χ1v) is 14.6. The Hall–Kier alpha value is -2.85. The Labute approximate surface area is 219 Å². The first kappa shape index (κ1) is 27.2. The second-order valence-electron chi connectivity index (χ2n) is 11.4. The molecule has 0 bridgehead atoms. The van der Waals surface area contributed by atoms with Crippen LogP contribution in [0.5, 0.6) is 0 Å².